The largest absolute Gasteiger partial charge is 0.515 e. The number of benzene rings is 1. The Morgan fingerprint density at radius 1 is 1.29 bits per heavy atom. The van der Waals surface area contributed by atoms with Crippen LogP contribution in [0.3, 0.4) is 0 Å². The Balaban J connectivity index is 2.78. The summed E-state index contributed by atoms with van der Waals surface area (Å²) < 4.78 is 0. The second-order valence-corrected chi connectivity index (χ2v) is 4.11. The molecule has 0 aromatic heterocycles. The molecule has 14 heavy (non-hydrogen) atoms. The van der Waals surface area contributed by atoms with Crippen molar-refractivity contribution in [3.8, 4) is 0 Å². The maximum atomic E-state index is 8.84. The molecular formula is C13H18O. The Hall–Kier alpha value is -1.24. The van der Waals surface area contributed by atoms with Gasteiger partial charge in [0.15, 0.2) is 0 Å². The van der Waals surface area contributed by atoms with Crippen molar-refractivity contribution in [1.29, 1.82) is 0 Å². The second kappa shape index (κ2) is 4.85. The summed E-state index contributed by atoms with van der Waals surface area (Å²) >= 11 is 0. The molecule has 0 saturated heterocycles. The lowest BCUT2D eigenvalue weighted by Gasteiger charge is -2.06. The summed E-state index contributed by atoms with van der Waals surface area (Å²) in [5, 5.41) is 8.84. The van der Waals surface area contributed by atoms with Gasteiger partial charge in [0.2, 0.25) is 0 Å². The zero-order valence-corrected chi connectivity index (χ0v) is 9.12. The minimum Gasteiger partial charge on any atom is -0.515 e. The number of aliphatic hydroxyl groups is 1. The van der Waals surface area contributed by atoms with Gasteiger partial charge in [0.05, 0.1) is 6.26 Å². The van der Waals surface area contributed by atoms with Crippen LogP contribution in [0.1, 0.15) is 31.9 Å². The highest BCUT2D eigenvalue weighted by molar-refractivity contribution is 5.62. The van der Waals surface area contributed by atoms with Crippen molar-refractivity contribution >= 4 is 5.57 Å². The first-order valence-electron chi connectivity index (χ1n) is 5.03. The first-order chi connectivity index (χ1) is 6.63. The van der Waals surface area contributed by atoms with Crippen LogP contribution >= 0.6 is 0 Å². The van der Waals surface area contributed by atoms with E-state index in [-0.39, 0.29) is 0 Å². The fourth-order valence-electron chi connectivity index (χ4n) is 1.45. The summed E-state index contributed by atoms with van der Waals surface area (Å²) in [7, 11) is 0. The molecule has 1 rings (SSSR count). The van der Waals surface area contributed by atoms with E-state index in [0.29, 0.717) is 5.92 Å². The van der Waals surface area contributed by atoms with Crippen LogP contribution in [-0.4, -0.2) is 5.11 Å². The van der Waals surface area contributed by atoms with Gasteiger partial charge < -0.3 is 5.11 Å². The summed E-state index contributed by atoms with van der Waals surface area (Å²) in [6, 6.07) is 8.37. The first kappa shape index (κ1) is 10.8. The molecule has 1 N–H and O–H groups in total. The summed E-state index contributed by atoms with van der Waals surface area (Å²) in [5.74, 6) is 0.690. The van der Waals surface area contributed by atoms with Crippen LogP contribution in [0, 0.1) is 5.92 Å². The lowest BCUT2D eigenvalue weighted by Crippen LogP contribution is -1.93. The molecular weight excluding hydrogens is 172 g/mol. The monoisotopic (exact) mass is 190 g/mol. The molecule has 0 fully saturated rings. The van der Waals surface area contributed by atoms with Crippen molar-refractivity contribution in [2.24, 2.45) is 5.92 Å². The third-order valence-corrected chi connectivity index (χ3v) is 2.25. The highest BCUT2D eigenvalue weighted by atomic mass is 16.2. The number of rotatable bonds is 3. The quantitative estimate of drug-likeness (QED) is 0.719. The molecule has 1 heteroatoms. The van der Waals surface area contributed by atoms with E-state index in [4.69, 9.17) is 5.11 Å². The molecule has 76 valence electrons. The van der Waals surface area contributed by atoms with E-state index >= 15 is 0 Å². The average molecular weight is 190 g/mol. The normalized spacial score (nSPS) is 12.1. The van der Waals surface area contributed by atoms with Crippen molar-refractivity contribution in [2.75, 3.05) is 0 Å². The van der Waals surface area contributed by atoms with Gasteiger partial charge in [-0.1, -0.05) is 38.1 Å². The van der Waals surface area contributed by atoms with Crippen molar-refractivity contribution in [3.05, 3.63) is 41.7 Å². The number of aliphatic hydroxyl groups excluding tert-OH is 1. The van der Waals surface area contributed by atoms with Crippen molar-refractivity contribution in [3.63, 3.8) is 0 Å². The molecule has 0 atom stereocenters. The molecule has 1 aromatic carbocycles. The van der Waals surface area contributed by atoms with E-state index in [1.807, 2.05) is 6.92 Å². The summed E-state index contributed by atoms with van der Waals surface area (Å²) in [4.78, 5) is 0. The van der Waals surface area contributed by atoms with Crippen LogP contribution in [0.25, 0.3) is 5.57 Å². The van der Waals surface area contributed by atoms with Gasteiger partial charge >= 0.3 is 0 Å². The van der Waals surface area contributed by atoms with Gasteiger partial charge in [0.25, 0.3) is 0 Å². The zero-order valence-electron chi connectivity index (χ0n) is 9.12. The van der Waals surface area contributed by atoms with Crippen LogP contribution in [0.5, 0.6) is 0 Å². The predicted octanol–water partition coefficient (Wildman–Crippen LogP) is 3.80. The van der Waals surface area contributed by atoms with E-state index in [9.17, 15) is 0 Å². The number of allylic oxidation sites excluding steroid dienone is 1. The lowest BCUT2D eigenvalue weighted by atomic mass is 10.00. The molecule has 0 aliphatic rings. The van der Waals surface area contributed by atoms with Gasteiger partial charge in [-0.15, -0.1) is 0 Å². The van der Waals surface area contributed by atoms with E-state index in [2.05, 4.69) is 38.1 Å². The summed E-state index contributed by atoms with van der Waals surface area (Å²) in [6.45, 7) is 6.33. The molecule has 1 aromatic rings. The molecule has 0 unspecified atom stereocenters. The van der Waals surface area contributed by atoms with E-state index in [0.717, 1.165) is 23.8 Å². The van der Waals surface area contributed by atoms with Crippen LogP contribution in [0.2, 0.25) is 0 Å². The minimum atomic E-state index is 0.690. The van der Waals surface area contributed by atoms with Crippen LogP contribution in [0.4, 0.5) is 0 Å². The third-order valence-electron chi connectivity index (χ3n) is 2.25. The predicted molar refractivity (Wildman–Crippen MR) is 61.3 cm³/mol. The third kappa shape index (κ3) is 2.91. The molecule has 0 amide bonds. The van der Waals surface area contributed by atoms with Gasteiger partial charge in [-0.3, -0.25) is 0 Å². The minimum absolute atomic E-state index is 0.690. The fraction of sp³-hybridized carbons (Fsp3) is 0.385. The molecule has 0 aliphatic heterocycles. The maximum absolute atomic E-state index is 8.84. The topological polar surface area (TPSA) is 20.2 Å². The van der Waals surface area contributed by atoms with E-state index in [1.54, 1.807) is 0 Å². The highest BCUT2D eigenvalue weighted by Crippen LogP contribution is 2.15. The Morgan fingerprint density at radius 2 is 1.86 bits per heavy atom. The zero-order chi connectivity index (χ0) is 10.6. The lowest BCUT2D eigenvalue weighted by molar-refractivity contribution is 0.475. The molecule has 0 bridgehead atoms. The molecule has 0 saturated carbocycles. The van der Waals surface area contributed by atoms with Crippen molar-refractivity contribution in [2.45, 2.75) is 27.2 Å². The van der Waals surface area contributed by atoms with Gasteiger partial charge in [0.1, 0.15) is 0 Å². The Labute approximate surface area is 86.1 Å². The van der Waals surface area contributed by atoms with E-state index in [1.165, 1.54) is 5.56 Å². The van der Waals surface area contributed by atoms with Crippen LogP contribution < -0.4 is 0 Å². The Bertz CT molecular complexity index is 307. The molecule has 1 nitrogen and oxygen atoms in total. The number of hydrogen-bond acceptors (Lipinski definition) is 1. The van der Waals surface area contributed by atoms with Crippen LogP contribution in [-0.2, 0) is 6.42 Å². The Kier molecular flexibility index (Phi) is 3.75. The summed E-state index contributed by atoms with van der Waals surface area (Å²) in [6.07, 6.45) is 2.26. The van der Waals surface area contributed by atoms with Gasteiger partial charge in [-0.2, -0.15) is 0 Å². The summed E-state index contributed by atoms with van der Waals surface area (Å²) in [5.41, 5.74) is 3.34. The first-order valence-corrected chi connectivity index (χ1v) is 5.03. The highest BCUT2D eigenvalue weighted by Gasteiger charge is 1.99. The molecule has 0 heterocycles. The standard InChI is InChI=1S/C13H18O/c1-10(2)8-12-4-6-13(7-5-12)11(3)9-14/h4-7,9-10,14H,8H2,1-3H3. The van der Waals surface area contributed by atoms with E-state index < -0.39 is 0 Å². The van der Waals surface area contributed by atoms with Gasteiger partial charge in [0, 0.05) is 0 Å². The molecule has 0 radical (unpaired) electrons. The maximum Gasteiger partial charge on any atom is 0.0826 e. The SMILES string of the molecule is CC(=CO)c1ccc(CC(C)C)cc1. The molecule has 0 spiro atoms. The average Bonchev–Trinajstić information content (AvgIpc) is 2.17. The van der Waals surface area contributed by atoms with Crippen LogP contribution in [0.15, 0.2) is 30.5 Å². The van der Waals surface area contributed by atoms with Crippen molar-refractivity contribution in [1.82, 2.24) is 0 Å². The molecule has 0 aliphatic carbocycles. The number of hydrogen-bond donors (Lipinski definition) is 1. The van der Waals surface area contributed by atoms with Gasteiger partial charge in [-0.25, -0.2) is 0 Å². The second-order valence-electron chi connectivity index (χ2n) is 4.11. The fourth-order valence-corrected chi connectivity index (χ4v) is 1.45. The smallest absolute Gasteiger partial charge is 0.0826 e. The van der Waals surface area contributed by atoms with Crippen molar-refractivity contribution < 1.29 is 5.11 Å². The van der Waals surface area contributed by atoms with Gasteiger partial charge in [-0.05, 0) is 36.0 Å². The Morgan fingerprint density at radius 3 is 2.29 bits per heavy atom.